The van der Waals surface area contributed by atoms with Crippen LogP contribution in [0, 0.1) is 11.8 Å². The van der Waals surface area contributed by atoms with E-state index in [4.69, 9.17) is 55.9 Å². The first-order chi connectivity index (χ1) is 43.3. The number of ether oxygens (including phenoxy) is 9. The average molecular weight is 1420 g/mol. The first-order valence-electron chi connectivity index (χ1n) is 34.6. The molecule has 0 spiro atoms. The average Bonchev–Trinajstić information content (AvgIpc) is 1.55. The lowest BCUT2D eigenvalue weighted by Gasteiger charge is -2.47. The zero-order valence-corrected chi connectivity index (χ0v) is 63.5. The molecule has 2 aromatic carbocycles. The predicted octanol–water partition coefficient (Wildman–Crippen LogP) is 14.8. The molecule has 6 bridgehead atoms. The van der Waals surface area contributed by atoms with Crippen molar-refractivity contribution in [1.82, 2.24) is 0 Å². The Bertz CT molecular complexity index is 2950. The number of methoxy groups -OCH3 is 1. The lowest BCUT2D eigenvalue weighted by molar-refractivity contribution is -0.278. The van der Waals surface area contributed by atoms with E-state index in [2.05, 4.69) is 118 Å². The van der Waals surface area contributed by atoms with Gasteiger partial charge in [-0.3, -0.25) is 4.79 Å². The first kappa shape index (κ1) is 73.9. The van der Waals surface area contributed by atoms with E-state index in [1.807, 2.05) is 31.2 Å². The van der Waals surface area contributed by atoms with Crippen molar-refractivity contribution in [2.24, 2.45) is 11.8 Å². The van der Waals surface area contributed by atoms with E-state index in [0.29, 0.717) is 57.3 Å². The van der Waals surface area contributed by atoms with Gasteiger partial charge in [0.2, 0.25) is 0 Å². The Hall–Kier alpha value is -2.30. The lowest BCUT2D eigenvalue weighted by Crippen LogP contribution is -2.61. The van der Waals surface area contributed by atoms with Crippen LogP contribution in [0.5, 0.6) is 0 Å². The van der Waals surface area contributed by atoms with Crippen LogP contribution >= 0.6 is 15.9 Å². The molecule has 0 amide bonds. The predicted molar refractivity (Wildman–Crippen MR) is 368 cm³/mol. The van der Waals surface area contributed by atoms with Crippen LogP contribution in [0.25, 0.3) is 0 Å². The largest absolute Gasteiger partial charge is 0.458 e. The Morgan fingerprint density at radius 3 is 2.02 bits per heavy atom. The van der Waals surface area contributed by atoms with Gasteiger partial charge >= 0.3 is 5.97 Å². The molecule has 0 N–H and O–H groups in total. The number of ketones is 1. The van der Waals surface area contributed by atoms with Gasteiger partial charge in [0.15, 0.2) is 46.4 Å². The van der Waals surface area contributed by atoms with Gasteiger partial charge in [-0.25, -0.2) is 13.2 Å². The summed E-state index contributed by atoms with van der Waals surface area (Å²) in [6, 6.07) is 20.5. The fourth-order valence-corrected chi connectivity index (χ4v) is 22.5. The van der Waals surface area contributed by atoms with Crippen LogP contribution < -0.4 is 0 Å². The maximum Gasteiger partial charge on any atom is 0.338 e. The number of halogens is 1. The summed E-state index contributed by atoms with van der Waals surface area (Å²) in [5.41, 5.74) is 1.40. The number of fused-ring (bicyclic) bond motifs is 1. The van der Waals surface area contributed by atoms with Crippen LogP contribution in [0.2, 0.25) is 54.4 Å². The Balaban J connectivity index is 1.02. The fourth-order valence-electron chi connectivity index (χ4n) is 14.7. The van der Waals surface area contributed by atoms with Gasteiger partial charge in [-0.15, -0.1) is 0 Å². The fraction of sp³-hybridized carbons (Fsp3) is 0.746. The minimum Gasteiger partial charge on any atom is -0.458 e. The number of benzene rings is 2. The summed E-state index contributed by atoms with van der Waals surface area (Å²) in [5.74, 6) is -2.99. The van der Waals surface area contributed by atoms with Crippen molar-refractivity contribution in [2.75, 3.05) is 20.3 Å². The smallest absolute Gasteiger partial charge is 0.338 e. The zero-order valence-electron chi connectivity index (χ0n) is 58.1. The molecule has 516 valence electrons. The number of Topliss-reactive ketones (excluding diaryl/α,β-unsaturated/α-hetero) is 1. The van der Waals surface area contributed by atoms with Crippen molar-refractivity contribution in [2.45, 2.75) is 309 Å². The molecule has 21 heteroatoms. The molecule has 8 aliphatic heterocycles. The summed E-state index contributed by atoms with van der Waals surface area (Å²) in [4.78, 5) is 29.3. The van der Waals surface area contributed by atoms with Crippen molar-refractivity contribution in [3.05, 3.63) is 88.9 Å². The normalized spacial score (nSPS) is 32.9. The molecule has 2 unspecified atom stereocenters. The number of hydrogen-bond acceptors (Lipinski definition) is 16. The molecule has 10 rings (SSSR count). The SMILES string of the molecule is C=C1[C@H](C)C[C@H](CCCO[Si](CC)(CC)CC)O[C@@H]1C[C@@H]1O[C@H](C[C@@H](CO[Si](C)(C)C(C)(C)C)O[Si](C)(C)C(C)(C)C)[C@H](OC)[C@H]1C(C(=O)C[C@H]1CC[C@@H]2O[C@@H]3[C@H]4O[C@@H]5C[C@@](C=C(Br)CC(CC)OC(=O)c6ccccc6)(O[C@H]4[C@H]2O1)O[C@H]35)S(=O)(=O)c1ccccc1. The van der Waals surface area contributed by atoms with Crippen molar-refractivity contribution < 1.29 is 73.9 Å². The second-order valence-corrected chi connectivity index (χ2v) is 48.0. The van der Waals surface area contributed by atoms with E-state index >= 15 is 13.2 Å². The molecule has 0 aromatic heterocycles. The van der Waals surface area contributed by atoms with E-state index in [1.54, 1.807) is 49.6 Å². The van der Waals surface area contributed by atoms with Crippen LogP contribution in [0.1, 0.15) is 157 Å². The molecular formula is C71H111BrO16SSi3. The first-order valence-corrected chi connectivity index (χ1v) is 45.2. The van der Waals surface area contributed by atoms with E-state index in [1.165, 1.54) is 0 Å². The number of rotatable bonds is 30. The number of sulfone groups is 1. The third-order valence-corrected chi connectivity index (χ3v) is 38.9. The van der Waals surface area contributed by atoms with E-state index < -0.39 is 137 Å². The molecule has 0 radical (unpaired) electrons. The summed E-state index contributed by atoms with van der Waals surface area (Å²) in [7, 11) is -9.41. The van der Waals surface area contributed by atoms with E-state index in [9.17, 15) is 4.79 Å². The van der Waals surface area contributed by atoms with Crippen LogP contribution in [0.3, 0.4) is 0 Å². The van der Waals surface area contributed by atoms with Gasteiger partial charge in [0.1, 0.15) is 41.9 Å². The highest BCUT2D eigenvalue weighted by Crippen LogP contribution is 2.54. The minimum absolute atomic E-state index is 0.0343. The highest BCUT2D eigenvalue weighted by Gasteiger charge is 2.69. The zero-order chi connectivity index (χ0) is 66.9. The molecule has 16 nitrogen and oxygen atoms in total. The number of hydrogen-bond donors (Lipinski definition) is 0. The topological polar surface area (TPSA) is 179 Å². The standard InChI is InChI=1S/C71H111BrO16SSi3/c1-18-49(82-68(74)47-29-24-22-25-30-47)38-48(72)42-71-43-59-63(86-71)64-65(85-59)66(87-71)62-55(84-64)35-34-51(81-62)39-54(73)67(89(75,76)53-32-26-23-27-33-53)60-57(41-56-46(6)45(5)37-50(80-56)31-28-36-78-92(19-2,20-3)21-4)83-58(61(60)77-13)40-52(88-91(16,17)70(10,11)12)44-79-90(14,15)69(7,8)9/h22-27,29-30,32-33,42,45,49-52,55-67H,6,18-21,28,31,34-41,43-44H2,1-5,7-17H3/t45-,49?,50+,51-,52+,55+,56-,57+,58-,59-,60+,61+,62+,63+,64+,65-,66+,67?,71-/m1/s1. The van der Waals surface area contributed by atoms with Crippen molar-refractivity contribution in [1.29, 1.82) is 0 Å². The third kappa shape index (κ3) is 16.4. The molecule has 8 fully saturated rings. The maximum atomic E-state index is 16.1. The molecule has 2 aromatic rings. The Morgan fingerprint density at radius 2 is 1.39 bits per heavy atom. The summed E-state index contributed by atoms with van der Waals surface area (Å²) in [6.45, 7) is 38.9. The van der Waals surface area contributed by atoms with Crippen molar-refractivity contribution in [3.63, 3.8) is 0 Å². The number of esters is 1. The molecule has 0 aliphatic carbocycles. The molecule has 8 saturated heterocycles. The Morgan fingerprint density at radius 1 is 0.761 bits per heavy atom. The van der Waals surface area contributed by atoms with Gasteiger partial charge in [-0.1, -0.05) is 135 Å². The molecule has 19 atom stereocenters. The Kier molecular flexibility index (Phi) is 24.1. The van der Waals surface area contributed by atoms with Crippen molar-refractivity contribution >= 4 is 62.5 Å². The highest BCUT2D eigenvalue weighted by molar-refractivity contribution is 9.11. The third-order valence-electron chi connectivity index (χ3n) is 22.5. The van der Waals surface area contributed by atoms with Gasteiger partial charge in [0.05, 0.1) is 72.0 Å². The highest BCUT2D eigenvalue weighted by atomic mass is 79.9. The van der Waals surface area contributed by atoms with Crippen LogP contribution in [-0.4, -0.2) is 168 Å². The second-order valence-electron chi connectivity index (χ2n) is 30.5. The molecule has 8 heterocycles. The maximum absolute atomic E-state index is 16.1. The summed E-state index contributed by atoms with van der Waals surface area (Å²) >= 11 is 3.81. The lowest BCUT2D eigenvalue weighted by atomic mass is 9.81. The quantitative estimate of drug-likeness (QED) is 0.0312. The summed E-state index contributed by atoms with van der Waals surface area (Å²) in [6.07, 6.45) is -0.785. The molecule has 0 saturated carbocycles. The minimum atomic E-state index is -4.48. The summed E-state index contributed by atoms with van der Waals surface area (Å²) in [5, 5.41) is -1.83. The van der Waals surface area contributed by atoms with E-state index in [-0.39, 0.29) is 52.0 Å². The van der Waals surface area contributed by atoms with Crippen LogP contribution in [-0.2, 0) is 70.5 Å². The van der Waals surface area contributed by atoms with Gasteiger partial charge in [0.25, 0.3) is 0 Å². The van der Waals surface area contributed by atoms with Gasteiger partial charge in [-0.05, 0) is 135 Å². The van der Waals surface area contributed by atoms with Gasteiger partial charge in [0, 0.05) is 56.2 Å². The van der Waals surface area contributed by atoms with Gasteiger partial charge in [-0.2, -0.15) is 0 Å². The molecule has 8 aliphatic rings. The Labute approximate surface area is 562 Å². The molecular weight excluding hydrogens is 1300 g/mol. The van der Waals surface area contributed by atoms with Crippen LogP contribution in [0.4, 0.5) is 0 Å². The number of carbonyl (C=O) groups is 2. The van der Waals surface area contributed by atoms with Crippen molar-refractivity contribution in [3.8, 4) is 0 Å². The van der Waals surface area contributed by atoms with Gasteiger partial charge < -0.3 is 55.9 Å². The van der Waals surface area contributed by atoms with E-state index in [0.717, 1.165) is 47.5 Å². The van der Waals surface area contributed by atoms with Crippen LogP contribution in [0.15, 0.2) is 88.3 Å². The second kappa shape index (κ2) is 30.0. The number of carbonyl (C=O) groups excluding carboxylic acids is 2. The molecule has 92 heavy (non-hydrogen) atoms. The monoisotopic (exact) mass is 1410 g/mol. The summed E-state index contributed by atoms with van der Waals surface area (Å²) < 4.78 is 116.